The molecule has 0 spiro atoms. The number of hydrogen-bond acceptors (Lipinski definition) is 9. The average molecular weight is 386 g/mol. The van der Waals surface area contributed by atoms with E-state index in [2.05, 4.69) is 9.47 Å². The minimum Gasteiger partial charge on any atom is -0.469 e. The zero-order valence-electron chi connectivity index (χ0n) is 15.6. The van der Waals surface area contributed by atoms with Crippen LogP contribution in [0.25, 0.3) is 0 Å². The van der Waals surface area contributed by atoms with E-state index in [1.165, 1.54) is 14.2 Å². The first-order chi connectivity index (χ1) is 13.0. The molecule has 4 atom stereocenters. The summed E-state index contributed by atoms with van der Waals surface area (Å²) in [5.41, 5.74) is 0. The molecule has 0 radical (unpaired) electrons. The highest BCUT2D eigenvalue weighted by Crippen LogP contribution is 2.36. The highest BCUT2D eigenvalue weighted by molar-refractivity contribution is 5.84. The van der Waals surface area contributed by atoms with Gasteiger partial charge in [0, 0.05) is 0 Å². The predicted octanol–water partition coefficient (Wildman–Crippen LogP) is 0.488. The zero-order chi connectivity index (χ0) is 19.8. The van der Waals surface area contributed by atoms with Crippen LogP contribution in [0, 0.1) is 23.7 Å². The van der Waals surface area contributed by atoms with Crippen molar-refractivity contribution in [1.29, 1.82) is 0 Å². The molecule has 2 aliphatic rings. The number of carbonyl (C=O) groups excluding carboxylic acids is 4. The second kappa shape index (κ2) is 10.2. The highest BCUT2D eigenvalue weighted by Gasteiger charge is 2.44. The van der Waals surface area contributed by atoms with Gasteiger partial charge in [-0.15, -0.1) is 0 Å². The summed E-state index contributed by atoms with van der Waals surface area (Å²) in [4.78, 5) is 46.6. The van der Waals surface area contributed by atoms with Crippen molar-refractivity contribution in [1.82, 2.24) is 0 Å². The van der Waals surface area contributed by atoms with E-state index < -0.39 is 35.6 Å². The molecule has 0 aromatic rings. The molecule has 0 heterocycles. The monoisotopic (exact) mass is 386 g/mol. The van der Waals surface area contributed by atoms with Crippen molar-refractivity contribution < 1.29 is 42.9 Å². The van der Waals surface area contributed by atoms with Crippen LogP contribution in [0.3, 0.4) is 0 Å². The molecular weight excluding hydrogens is 360 g/mol. The van der Waals surface area contributed by atoms with E-state index in [1.807, 2.05) is 0 Å². The van der Waals surface area contributed by atoms with Gasteiger partial charge in [-0.1, -0.05) is 0 Å². The van der Waals surface area contributed by atoms with Gasteiger partial charge in [-0.2, -0.15) is 0 Å². The lowest BCUT2D eigenvalue weighted by atomic mass is 9.74. The Morgan fingerprint density at radius 2 is 0.926 bits per heavy atom. The van der Waals surface area contributed by atoms with Gasteiger partial charge in [-0.25, -0.2) is 0 Å². The first-order valence-electron chi connectivity index (χ1n) is 9.06. The van der Waals surface area contributed by atoms with Gasteiger partial charge < -0.3 is 23.7 Å². The van der Waals surface area contributed by atoms with Crippen molar-refractivity contribution in [3.05, 3.63) is 0 Å². The molecule has 2 rings (SSSR count). The predicted molar refractivity (Wildman–Crippen MR) is 89.2 cm³/mol. The summed E-state index contributed by atoms with van der Waals surface area (Å²) in [6.07, 6.45) is 2.49. The van der Waals surface area contributed by atoms with E-state index in [4.69, 9.17) is 14.2 Å². The summed E-state index contributed by atoms with van der Waals surface area (Å²) in [7, 11) is 2.59. The lowest BCUT2D eigenvalue weighted by molar-refractivity contribution is -0.168. The SMILES string of the molecule is COC(=O)[C@H]1CC[C@@H]1C(=O)OCCOCCOC(=O)[C@@H]1CC[C@H]1C(=O)OC. The van der Waals surface area contributed by atoms with Crippen molar-refractivity contribution in [3.8, 4) is 0 Å². The van der Waals surface area contributed by atoms with E-state index in [1.54, 1.807) is 0 Å². The van der Waals surface area contributed by atoms with Gasteiger partial charge in [0.1, 0.15) is 13.2 Å². The molecule has 0 aliphatic heterocycles. The topological polar surface area (TPSA) is 114 Å². The number of carbonyl (C=O) groups is 4. The van der Waals surface area contributed by atoms with Crippen molar-refractivity contribution in [2.45, 2.75) is 25.7 Å². The van der Waals surface area contributed by atoms with E-state index in [0.29, 0.717) is 25.7 Å². The summed E-state index contributed by atoms with van der Waals surface area (Å²) in [5, 5.41) is 0. The quantitative estimate of drug-likeness (QED) is 0.300. The summed E-state index contributed by atoms with van der Waals surface area (Å²) in [6, 6.07) is 0. The molecule has 2 fully saturated rings. The Hall–Kier alpha value is -2.16. The first-order valence-corrected chi connectivity index (χ1v) is 9.06. The van der Waals surface area contributed by atoms with Crippen LogP contribution in [-0.2, 0) is 42.9 Å². The van der Waals surface area contributed by atoms with Crippen LogP contribution in [-0.4, -0.2) is 64.5 Å². The van der Waals surface area contributed by atoms with Crippen LogP contribution in [0.1, 0.15) is 25.7 Å². The molecule has 0 N–H and O–H groups in total. The van der Waals surface area contributed by atoms with Gasteiger partial charge in [0.15, 0.2) is 0 Å². The highest BCUT2D eigenvalue weighted by atomic mass is 16.6. The molecule has 9 heteroatoms. The number of hydrogen-bond donors (Lipinski definition) is 0. The Labute approximate surface area is 157 Å². The third kappa shape index (κ3) is 5.41. The maximum Gasteiger partial charge on any atom is 0.309 e. The Morgan fingerprint density at radius 3 is 1.22 bits per heavy atom. The van der Waals surface area contributed by atoms with Gasteiger partial charge in [-0.05, 0) is 25.7 Å². The number of methoxy groups -OCH3 is 2. The summed E-state index contributed by atoms with van der Waals surface area (Å²) < 4.78 is 24.7. The fourth-order valence-corrected chi connectivity index (χ4v) is 3.15. The van der Waals surface area contributed by atoms with Gasteiger partial charge >= 0.3 is 23.9 Å². The molecule has 0 aromatic carbocycles. The van der Waals surface area contributed by atoms with Crippen molar-refractivity contribution in [2.24, 2.45) is 23.7 Å². The molecule has 0 aromatic heterocycles. The molecular formula is C18H26O9. The zero-order valence-corrected chi connectivity index (χ0v) is 15.6. The summed E-state index contributed by atoms with van der Waals surface area (Å²) >= 11 is 0. The van der Waals surface area contributed by atoms with Gasteiger partial charge in [-0.3, -0.25) is 19.2 Å². The van der Waals surface area contributed by atoms with Crippen LogP contribution in [0.2, 0.25) is 0 Å². The normalized spacial score (nSPS) is 26.1. The Kier molecular flexibility index (Phi) is 8.02. The van der Waals surface area contributed by atoms with Crippen molar-refractivity contribution >= 4 is 23.9 Å². The van der Waals surface area contributed by atoms with Crippen LogP contribution in [0.4, 0.5) is 0 Å². The van der Waals surface area contributed by atoms with Gasteiger partial charge in [0.25, 0.3) is 0 Å². The second-order valence-electron chi connectivity index (χ2n) is 6.57. The van der Waals surface area contributed by atoms with Gasteiger partial charge in [0.05, 0.1) is 51.1 Å². The lowest BCUT2D eigenvalue weighted by Crippen LogP contribution is -2.40. The van der Waals surface area contributed by atoms with Crippen LogP contribution in [0.5, 0.6) is 0 Å². The number of rotatable bonds is 10. The number of ether oxygens (including phenoxy) is 5. The Morgan fingerprint density at radius 1 is 0.593 bits per heavy atom. The number of esters is 4. The van der Waals surface area contributed by atoms with Gasteiger partial charge in [0.2, 0.25) is 0 Å². The summed E-state index contributed by atoms with van der Waals surface area (Å²) in [5.74, 6) is -3.33. The fraction of sp³-hybridized carbons (Fsp3) is 0.778. The molecule has 2 saturated carbocycles. The molecule has 27 heavy (non-hydrogen) atoms. The van der Waals surface area contributed by atoms with E-state index >= 15 is 0 Å². The molecule has 0 bridgehead atoms. The van der Waals surface area contributed by atoms with E-state index in [-0.39, 0.29) is 38.4 Å². The first kappa shape index (κ1) is 21.1. The maximum absolute atomic E-state index is 11.9. The average Bonchev–Trinajstić information content (AvgIpc) is 2.58. The fourth-order valence-electron chi connectivity index (χ4n) is 3.15. The standard InChI is InChI=1S/C18H26O9/c1-23-15(19)11-3-5-13(11)17(21)26-9-7-25-8-10-27-18(22)14-6-4-12(14)16(20)24-2/h11-14H,3-10H2,1-2H3/t11-,12+,13-,14+. The molecule has 152 valence electrons. The molecule has 2 aliphatic carbocycles. The molecule has 0 amide bonds. The van der Waals surface area contributed by atoms with Crippen molar-refractivity contribution in [2.75, 3.05) is 40.6 Å². The third-order valence-electron chi connectivity index (χ3n) is 5.11. The second-order valence-corrected chi connectivity index (χ2v) is 6.57. The van der Waals surface area contributed by atoms with Crippen LogP contribution >= 0.6 is 0 Å². The minimum absolute atomic E-state index is 0.0597. The van der Waals surface area contributed by atoms with Crippen LogP contribution in [0.15, 0.2) is 0 Å². The third-order valence-corrected chi connectivity index (χ3v) is 5.11. The molecule has 0 saturated heterocycles. The van der Waals surface area contributed by atoms with Crippen LogP contribution < -0.4 is 0 Å². The Balaban J connectivity index is 1.50. The van der Waals surface area contributed by atoms with E-state index in [9.17, 15) is 19.2 Å². The van der Waals surface area contributed by atoms with E-state index in [0.717, 1.165) is 0 Å². The maximum atomic E-state index is 11.9. The molecule has 9 nitrogen and oxygen atoms in total. The molecule has 0 unspecified atom stereocenters. The Bertz CT molecular complexity index is 511. The van der Waals surface area contributed by atoms with Crippen molar-refractivity contribution in [3.63, 3.8) is 0 Å². The smallest absolute Gasteiger partial charge is 0.309 e. The summed E-state index contributed by atoms with van der Waals surface area (Å²) in [6.45, 7) is 0.439. The lowest BCUT2D eigenvalue weighted by Gasteiger charge is -2.32. The largest absolute Gasteiger partial charge is 0.469 e. The minimum atomic E-state index is -0.441.